The summed E-state index contributed by atoms with van der Waals surface area (Å²) in [6.07, 6.45) is 4.70. The number of hydrogen-bond donors (Lipinski definition) is 1. The largest absolute Gasteiger partial charge is 0.478 e. The highest BCUT2D eigenvalue weighted by Crippen LogP contribution is 2.44. The first-order valence-electron chi connectivity index (χ1n) is 12.8. The van der Waals surface area contributed by atoms with Crippen LogP contribution in [0.2, 0.25) is 13.1 Å². The number of ether oxygens (including phenoxy) is 1. The van der Waals surface area contributed by atoms with Gasteiger partial charge >= 0.3 is 11.9 Å². The Kier molecular flexibility index (Phi) is 7.68. The van der Waals surface area contributed by atoms with Crippen molar-refractivity contribution in [3.05, 3.63) is 86.9 Å². The lowest BCUT2D eigenvalue weighted by molar-refractivity contribution is -0.462. The minimum Gasteiger partial charge on any atom is -0.478 e. The average molecular weight is 570 g/mol. The van der Waals surface area contributed by atoms with Crippen LogP contribution in [-0.4, -0.2) is 70.2 Å². The standard InChI is InChI=1S/C30H31F3N2O4Si/c1-8-39-23(36)15-20-27(31)25(26(30(37)38)29(33)28(20)32)24-18-11-9-16(34(2)3)13-21(18)40(6,7)22-14-17(35(4)5)10-12-19(22)24/h9-14H,8,15H2,1-7H3/p+1. The molecule has 0 fully saturated rings. The normalized spacial score (nSPS) is 15.3. The van der Waals surface area contributed by atoms with Crippen LogP contribution >= 0.6 is 0 Å². The molecule has 2 aromatic rings. The maximum Gasteiger partial charge on any atom is 0.339 e. The van der Waals surface area contributed by atoms with Gasteiger partial charge < -0.3 is 14.7 Å². The molecular formula is C30H32F3N2O4Si+. The number of hydrogen-bond acceptors (Lipinski definition) is 4. The number of benzene rings is 2. The number of aromatic carboxylic acids is 1. The number of allylic oxidation sites excluding steroid dienone is 5. The van der Waals surface area contributed by atoms with Crippen LogP contribution in [-0.2, 0) is 16.0 Å². The zero-order valence-corrected chi connectivity index (χ0v) is 24.6. The molecule has 0 aromatic heterocycles. The van der Waals surface area contributed by atoms with Gasteiger partial charge in [0.25, 0.3) is 0 Å². The zero-order chi connectivity index (χ0) is 29.7. The quantitative estimate of drug-likeness (QED) is 0.241. The van der Waals surface area contributed by atoms with E-state index in [0.29, 0.717) is 11.1 Å². The van der Waals surface area contributed by atoms with Crippen LogP contribution in [0, 0.1) is 17.5 Å². The van der Waals surface area contributed by atoms with Gasteiger partial charge in [0.15, 0.2) is 17.3 Å². The Labute approximate surface area is 232 Å². The van der Waals surface area contributed by atoms with Crippen molar-refractivity contribution in [1.29, 1.82) is 0 Å². The third-order valence-corrected chi connectivity index (χ3v) is 10.9. The van der Waals surface area contributed by atoms with E-state index in [1.54, 1.807) is 12.1 Å². The Morgan fingerprint density at radius 1 is 1.05 bits per heavy atom. The molecule has 0 atom stereocenters. The van der Waals surface area contributed by atoms with E-state index in [1.165, 1.54) is 6.92 Å². The lowest BCUT2D eigenvalue weighted by Gasteiger charge is -2.38. The van der Waals surface area contributed by atoms with E-state index in [4.69, 9.17) is 4.74 Å². The summed E-state index contributed by atoms with van der Waals surface area (Å²) in [6, 6.07) is 5.58. The van der Waals surface area contributed by atoms with Crippen molar-refractivity contribution in [2.75, 3.05) is 39.7 Å². The molecule has 0 amide bonds. The maximum absolute atomic E-state index is 16.4. The van der Waals surface area contributed by atoms with Crippen LogP contribution in [0.1, 0.15) is 34.0 Å². The van der Waals surface area contributed by atoms with Crippen LogP contribution < -0.4 is 10.1 Å². The van der Waals surface area contributed by atoms with Gasteiger partial charge in [0, 0.05) is 43.1 Å². The van der Waals surface area contributed by atoms with Crippen LogP contribution in [0.4, 0.5) is 18.9 Å². The van der Waals surface area contributed by atoms with E-state index in [2.05, 4.69) is 13.1 Å². The molecule has 0 saturated heterocycles. The van der Waals surface area contributed by atoms with Gasteiger partial charge in [-0.3, -0.25) is 4.79 Å². The first-order chi connectivity index (χ1) is 18.7. The Morgan fingerprint density at radius 3 is 2.30 bits per heavy atom. The number of carboxylic acid groups (broad SMARTS) is 1. The van der Waals surface area contributed by atoms with Gasteiger partial charge in [-0.25, -0.2) is 22.5 Å². The summed E-state index contributed by atoms with van der Waals surface area (Å²) in [5, 5.41) is 11.8. The Hall–Kier alpha value is -3.92. The van der Waals surface area contributed by atoms with Gasteiger partial charge in [-0.2, -0.15) is 0 Å². The first kappa shape index (κ1) is 29.1. The molecule has 1 aliphatic carbocycles. The highest BCUT2D eigenvalue weighted by molar-refractivity contribution is 6.98. The lowest BCUT2D eigenvalue weighted by atomic mass is 9.85. The minimum atomic E-state index is -2.48. The molecule has 40 heavy (non-hydrogen) atoms. The number of nitrogens with zero attached hydrogens (tertiary/aromatic N) is 2. The van der Waals surface area contributed by atoms with E-state index in [-0.39, 0.29) is 12.2 Å². The van der Waals surface area contributed by atoms with Crippen LogP contribution in [0.15, 0.2) is 47.2 Å². The predicted octanol–water partition coefficient (Wildman–Crippen LogP) is 4.45. The molecule has 1 N–H and O–H groups in total. The number of carbonyl (C=O) groups is 2. The van der Waals surface area contributed by atoms with Crippen molar-refractivity contribution in [2.24, 2.45) is 0 Å². The van der Waals surface area contributed by atoms with Crippen molar-refractivity contribution in [3.63, 3.8) is 0 Å². The zero-order valence-electron chi connectivity index (χ0n) is 23.6. The minimum absolute atomic E-state index is 0.0368. The fourth-order valence-electron chi connectivity index (χ4n) is 5.31. The van der Waals surface area contributed by atoms with Crippen molar-refractivity contribution in [3.8, 4) is 0 Å². The molecule has 0 radical (unpaired) electrons. The fourth-order valence-corrected chi connectivity index (χ4v) is 8.38. The summed E-state index contributed by atoms with van der Waals surface area (Å²) < 4.78 is 53.8. The highest BCUT2D eigenvalue weighted by Gasteiger charge is 2.43. The van der Waals surface area contributed by atoms with E-state index in [1.807, 2.05) is 62.0 Å². The average Bonchev–Trinajstić information content (AvgIpc) is 2.89. The van der Waals surface area contributed by atoms with Gasteiger partial charge in [0.2, 0.25) is 0 Å². The molecule has 2 aromatic carbocycles. The van der Waals surface area contributed by atoms with Crippen molar-refractivity contribution < 1.29 is 37.2 Å². The Balaban J connectivity index is 2.20. The SMILES string of the molecule is CCOC(=O)Cc1c(F)c(F)c(C(=O)O)c(C2=C3C=CC(=[N+](C)C)C=C3[Si](C)(C)c3cc(N(C)C)ccc32)c1F. The van der Waals surface area contributed by atoms with Gasteiger partial charge in [-0.1, -0.05) is 19.2 Å². The van der Waals surface area contributed by atoms with Crippen LogP contribution in [0.25, 0.3) is 5.57 Å². The third-order valence-electron chi connectivity index (χ3n) is 7.43. The molecule has 6 nitrogen and oxygen atoms in total. The van der Waals surface area contributed by atoms with Gasteiger partial charge in [0.05, 0.1) is 13.0 Å². The number of carboxylic acids is 1. The van der Waals surface area contributed by atoms with Crippen molar-refractivity contribution in [1.82, 2.24) is 0 Å². The number of carbonyl (C=O) groups excluding carboxylic acids is 1. The molecule has 10 heteroatoms. The van der Waals surface area contributed by atoms with Gasteiger partial charge in [-0.05, 0) is 52.2 Å². The van der Waals surface area contributed by atoms with E-state index < -0.39 is 60.6 Å². The number of anilines is 1. The summed E-state index contributed by atoms with van der Waals surface area (Å²) in [4.78, 5) is 26.5. The number of fused-ring (bicyclic) bond motifs is 2. The molecular weight excluding hydrogens is 537 g/mol. The molecule has 4 rings (SSSR count). The molecule has 1 aliphatic heterocycles. The molecule has 0 unspecified atom stereocenters. The molecule has 210 valence electrons. The van der Waals surface area contributed by atoms with E-state index in [9.17, 15) is 14.7 Å². The monoisotopic (exact) mass is 569 g/mol. The molecule has 0 saturated carbocycles. The molecule has 0 bridgehead atoms. The number of esters is 1. The fraction of sp³-hybridized carbons (Fsp3) is 0.300. The summed E-state index contributed by atoms with van der Waals surface area (Å²) in [5.74, 6) is -7.52. The maximum atomic E-state index is 16.4. The lowest BCUT2D eigenvalue weighted by Crippen LogP contribution is -2.50. The van der Waals surface area contributed by atoms with Crippen molar-refractivity contribution >= 4 is 42.2 Å². The van der Waals surface area contributed by atoms with Gasteiger partial charge in [-0.15, -0.1) is 0 Å². The molecule has 0 spiro atoms. The van der Waals surface area contributed by atoms with Crippen LogP contribution in [0.5, 0.6) is 0 Å². The number of halogens is 3. The summed E-state index contributed by atoms with van der Waals surface area (Å²) in [7, 11) is 5.08. The van der Waals surface area contributed by atoms with Gasteiger partial charge in [0.1, 0.15) is 33.5 Å². The smallest absolute Gasteiger partial charge is 0.339 e. The van der Waals surface area contributed by atoms with E-state index in [0.717, 1.165) is 21.8 Å². The summed E-state index contributed by atoms with van der Waals surface area (Å²) in [6.45, 7) is 5.79. The van der Waals surface area contributed by atoms with E-state index >= 15 is 13.2 Å². The molecule has 1 heterocycles. The van der Waals surface area contributed by atoms with Crippen molar-refractivity contribution in [2.45, 2.75) is 26.4 Å². The second-order valence-corrected chi connectivity index (χ2v) is 15.0. The first-order valence-corrected chi connectivity index (χ1v) is 15.8. The Bertz CT molecular complexity index is 1580. The second-order valence-electron chi connectivity index (χ2n) is 10.7. The second kappa shape index (κ2) is 10.6. The topological polar surface area (TPSA) is 69.9 Å². The summed E-state index contributed by atoms with van der Waals surface area (Å²) in [5.41, 5.74) is 0.423. The third kappa shape index (κ3) is 4.70. The molecule has 2 aliphatic rings. The highest BCUT2D eigenvalue weighted by atomic mass is 28.3. The predicted molar refractivity (Wildman–Crippen MR) is 152 cm³/mol. The summed E-state index contributed by atoms with van der Waals surface area (Å²) >= 11 is 0. The van der Waals surface area contributed by atoms with Crippen LogP contribution in [0.3, 0.4) is 0 Å². The number of rotatable bonds is 6. The Morgan fingerprint density at radius 2 is 1.73 bits per heavy atom.